The number of benzene rings is 2. The third kappa shape index (κ3) is 4.92. The summed E-state index contributed by atoms with van der Waals surface area (Å²) in [5.74, 6) is -0.813. The highest BCUT2D eigenvalue weighted by molar-refractivity contribution is 6.02. The molecule has 0 aliphatic rings. The molecule has 3 N–H and O–H groups in total. The van der Waals surface area contributed by atoms with E-state index in [2.05, 4.69) is 5.32 Å². The predicted octanol–water partition coefficient (Wildman–Crippen LogP) is 2.90. The number of nitrogens with one attached hydrogen (secondary N) is 1. The fourth-order valence-corrected chi connectivity index (χ4v) is 2.45. The van der Waals surface area contributed by atoms with Crippen LogP contribution in [0, 0.1) is 13.8 Å². The van der Waals surface area contributed by atoms with E-state index in [1.54, 1.807) is 37.3 Å². The molecule has 0 unspecified atom stereocenters. The average Bonchev–Trinajstić information content (AvgIpc) is 2.61. The van der Waals surface area contributed by atoms with Gasteiger partial charge in [-0.15, -0.1) is 0 Å². The van der Waals surface area contributed by atoms with Gasteiger partial charge in [0.25, 0.3) is 0 Å². The topological polar surface area (TPSA) is 98.5 Å². The first kappa shape index (κ1) is 19.2. The third-order valence-electron chi connectivity index (χ3n) is 3.97. The maximum atomic E-state index is 12.6. The number of ether oxygens (including phenoxy) is 1. The van der Waals surface area contributed by atoms with Crippen molar-refractivity contribution in [2.45, 2.75) is 33.4 Å². The average molecular weight is 354 g/mol. The van der Waals surface area contributed by atoms with E-state index in [0.29, 0.717) is 11.1 Å². The normalized spacial score (nSPS) is 11.5. The van der Waals surface area contributed by atoms with Gasteiger partial charge in [0.1, 0.15) is 0 Å². The molecular weight excluding hydrogens is 332 g/mol. The van der Waals surface area contributed by atoms with Crippen LogP contribution >= 0.6 is 0 Å². The van der Waals surface area contributed by atoms with E-state index >= 15 is 0 Å². The molecule has 2 aromatic carbocycles. The third-order valence-corrected chi connectivity index (χ3v) is 3.97. The fourth-order valence-electron chi connectivity index (χ4n) is 2.45. The van der Waals surface area contributed by atoms with Crippen molar-refractivity contribution in [1.29, 1.82) is 0 Å². The van der Waals surface area contributed by atoms with Crippen LogP contribution in [0.4, 0.5) is 4.79 Å². The van der Waals surface area contributed by atoms with Gasteiger partial charge < -0.3 is 15.8 Å². The van der Waals surface area contributed by atoms with E-state index in [1.165, 1.54) is 0 Å². The zero-order valence-corrected chi connectivity index (χ0v) is 15.0. The number of hydrogen-bond donors (Lipinski definition) is 2. The summed E-state index contributed by atoms with van der Waals surface area (Å²) < 4.78 is 5.31. The Balaban J connectivity index is 2.03. The Morgan fingerprint density at radius 3 is 2.35 bits per heavy atom. The van der Waals surface area contributed by atoms with Gasteiger partial charge in [-0.3, -0.25) is 4.79 Å². The molecule has 0 spiro atoms. The number of aryl methyl sites for hydroxylation is 2. The SMILES string of the molecule is Cc1ccc(C)c(C(=O)[C@@H](C)OC(=O)c2ccc(CNC(N)=O)cc2)c1. The lowest BCUT2D eigenvalue weighted by Crippen LogP contribution is -2.28. The fraction of sp³-hybridized carbons (Fsp3) is 0.250. The van der Waals surface area contributed by atoms with Crippen LogP contribution in [-0.2, 0) is 11.3 Å². The second-order valence-electron chi connectivity index (χ2n) is 6.14. The summed E-state index contributed by atoms with van der Waals surface area (Å²) >= 11 is 0. The summed E-state index contributed by atoms with van der Waals surface area (Å²) in [6, 6.07) is 11.5. The standard InChI is InChI=1S/C20H22N2O4/c1-12-4-5-13(2)17(10-12)18(23)14(3)26-19(24)16-8-6-15(7-9-16)11-22-20(21)25/h4-10,14H,11H2,1-3H3,(H3,21,22,25)/t14-/m1/s1. The number of carbonyl (C=O) groups is 3. The number of rotatable bonds is 6. The molecule has 26 heavy (non-hydrogen) atoms. The minimum absolute atomic E-state index is 0.234. The maximum absolute atomic E-state index is 12.6. The molecule has 0 heterocycles. The Kier molecular flexibility index (Phi) is 6.11. The number of ketones is 1. The zero-order valence-electron chi connectivity index (χ0n) is 15.0. The minimum atomic E-state index is -0.890. The predicted molar refractivity (Wildman–Crippen MR) is 98.0 cm³/mol. The van der Waals surface area contributed by atoms with Crippen molar-refractivity contribution >= 4 is 17.8 Å². The number of amides is 2. The van der Waals surface area contributed by atoms with Crippen molar-refractivity contribution in [2.24, 2.45) is 5.73 Å². The van der Waals surface area contributed by atoms with Crippen LogP contribution < -0.4 is 11.1 Å². The number of hydrogen-bond acceptors (Lipinski definition) is 4. The molecule has 0 bridgehead atoms. The molecule has 2 aromatic rings. The second-order valence-corrected chi connectivity index (χ2v) is 6.14. The van der Waals surface area contributed by atoms with E-state index in [1.807, 2.05) is 26.0 Å². The van der Waals surface area contributed by atoms with Crippen molar-refractivity contribution in [1.82, 2.24) is 5.32 Å². The van der Waals surface area contributed by atoms with Crippen molar-refractivity contribution in [3.05, 3.63) is 70.3 Å². The first-order valence-electron chi connectivity index (χ1n) is 8.22. The molecular formula is C20H22N2O4. The van der Waals surface area contributed by atoms with Crippen LogP contribution in [0.1, 0.15) is 44.3 Å². The molecule has 6 nitrogen and oxygen atoms in total. The lowest BCUT2D eigenvalue weighted by atomic mass is 9.99. The Morgan fingerprint density at radius 1 is 1.08 bits per heavy atom. The summed E-state index contributed by atoms with van der Waals surface area (Å²) in [5, 5.41) is 2.46. The number of carbonyl (C=O) groups excluding carboxylic acids is 3. The lowest BCUT2D eigenvalue weighted by molar-refractivity contribution is 0.0318. The van der Waals surface area contributed by atoms with Gasteiger partial charge in [-0.05, 0) is 50.1 Å². The molecule has 6 heteroatoms. The van der Waals surface area contributed by atoms with Crippen molar-refractivity contribution in [2.75, 3.05) is 0 Å². The van der Waals surface area contributed by atoms with E-state index in [0.717, 1.165) is 16.7 Å². The molecule has 2 rings (SSSR count). The Bertz CT molecular complexity index is 828. The van der Waals surface area contributed by atoms with Crippen molar-refractivity contribution < 1.29 is 19.1 Å². The van der Waals surface area contributed by atoms with Crippen LogP contribution in [0.5, 0.6) is 0 Å². The van der Waals surface area contributed by atoms with Gasteiger partial charge in [-0.2, -0.15) is 0 Å². The summed E-state index contributed by atoms with van der Waals surface area (Å²) in [4.78, 5) is 35.5. The largest absolute Gasteiger partial charge is 0.451 e. The quantitative estimate of drug-likeness (QED) is 0.615. The molecule has 0 fully saturated rings. The monoisotopic (exact) mass is 354 g/mol. The van der Waals surface area contributed by atoms with Crippen LogP contribution in [0.2, 0.25) is 0 Å². The highest BCUT2D eigenvalue weighted by Crippen LogP contribution is 2.15. The molecule has 136 valence electrons. The molecule has 0 aliphatic carbocycles. The second kappa shape index (κ2) is 8.29. The van der Waals surface area contributed by atoms with E-state index in [9.17, 15) is 14.4 Å². The van der Waals surface area contributed by atoms with Gasteiger partial charge in [-0.1, -0.05) is 29.8 Å². The van der Waals surface area contributed by atoms with Gasteiger partial charge >= 0.3 is 12.0 Å². The van der Waals surface area contributed by atoms with Gasteiger partial charge in [0.05, 0.1) is 5.56 Å². The van der Waals surface area contributed by atoms with Crippen LogP contribution in [0.3, 0.4) is 0 Å². The van der Waals surface area contributed by atoms with Crippen molar-refractivity contribution in [3.8, 4) is 0 Å². The van der Waals surface area contributed by atoms with Crippen LogP contribution in [0.25, 0.3) is 0 Å². The van der Waals surface area contributed by atoms with Gasteiger partial charge in [-0.25, -0.2) is 9.59 Å². The number of primary amides is 1. The first-order valence-corrected chi connectivity index (χ1v) is 8.22. The molecule has 0 aromatic heterocycles. The molecule has 0 aliphatic heterocycles. The summed E-state index contributed by atoms with van der Waals surface area (Å²) in [6.07, 6.45) is -0.890. The smallest absolute Gasteiger partial charge is 0.338 e. The van der Waals surface area contributed by atoms with Gasteiger partial charge in [0, 0.05) is 12.1 Å². The number of Topliss-reactive ketones (excluding diaryl/α,β-unsaturated/α-hetero) is 1. The summed E-state index contributed by atoms with van der Waals surface area (Å²) in [7, 11) is 0. The number of esters is 1. The van der Waals surface area contributed by atoms with Crippen molar-refractivity contribution in [3.63, 3.8) is 0 Å². The van der Waals surface area contributed by atoms with Crippen LogP contribution in [-0.4, -0.2) is 23.9 Å². The van der Waals surface area contributed by atoms with E-state index in [-0.39, 0.29) is 12.3 Å². The Morgan fingerprint density at radius 2 is 1.73 bits per heavy atom. The Hall–Kier alpha value is -3.15. The van der Waals surface area contributed by atoms with Crippen LogP contribution in [0.15, 0.2) is 42.5 Å². The summed E-state index contributed by atoms with van der Waals surface area (Å²) in [6.45, 7) is 5.58. The Labute approximate surface area is 152 Å². The molecule has 2 amide bonds. The lowest BCUT2D eigenvalue weighted by Gasteiger charge is -2.14. The maximum Gasteiger partial charge on any atom is 0.338 e. The molecule has 0 saturated heterocycles. The highest BCUT2D eigenvalue weighted by Gasteiger charge is 2.21. The molecule has 0 saturated carbocycles. The molecule has 1 atom stereocenters. The summed E-state index contributed by atoms with van der Waals surface area (Å²) in [5.41, 5.74) is 8.50. The van der Waals surface area contributed by atoms with Gasteiger partial charge in [0.2, 0.25) is 5.78 Å². The highest BCUT2D eigenvalue weighted by atomic mass is 16.5. The number of nitrogens with two attached hydrogens (primary N) is 1. The molecule has 0 radical (unpaired) electrons. The van der Waals surface area contributed by atoms with E-state index < -0.39 is 18.1 Å². The first-order chi connectivity index (χ1) is 12.3. The number of urea groups is 1. The minimum Gasteiger partial charge on any atom is -0.451 e. The zero-order chi connectivity index (χ0) is 19.3. The van der Waals surface area contributed by atoms with Gasteiger partial charge in [0.15, 0.2) is 6.10 Å². The van der Waals surface area contributed by atoms with E-state index in [4.69, 9.17) is 10.5 Å².